The number of methoxy groups -OCH3 is 1. The molecule has 8 atom stereocenters. The second kappa shape index (κ2) is 15.4. The first kappa shape index (κ1) is 32.7. The maximum atomic E-state index is 12.8. The van der Waals surface area contributed by atoms with Gasteiger partial charge < -0.3 is 30.3 Å². The third kappa shape index (κ3) is 9.07. The van der Waals surface area contributed by atoms with Crippen LogP contribution in [-0.4, -0.2) is 54.5 Å². The van der Waals surface area contributed by atoms with Gasteiger partial charge in [0.25, 0.3) is 0 Å². The predicted octanol–water partition coefficient (Wildman–Crippen LogP) is 4.89. The summed E-state index contributed by atoms with van der Waals surface area (Å²) in [4.78, 5) is 25.0. The summed E-state index contributed by atoms with van der Waals surface area (Å²) in [5.74, 6) is 1.13. The topological polar surface area (TPSA) is 117 Å². The van der Waals surface area contributed by atoms with Gasteiger partial charge in [-0.2, -0.15) is 0 Å². The van der Waals surface area contributed by atoms with E-state index in [0.717, 1.165) is 24.8 Å². The lowest BCUT2D eigenvalue weighted by Gasteiger charge is -2.43. The Labute approximate surface area is 245 Å². The average molecular weight is 571 g/mol. The molecular formula is C33H50N2O6. The molecule has 1 amide bonds. The van der Waals surface area contributed by atoms with Gasteiger partial charge in [0.05, 0.1) is 19.1 Å². The van der Waals surface area contributed by atoms with Crippen LogP contribution in [-0.2, 0) is 20.9 Å². The SMILES string of the molecule is CCC(C)C(=O)OC1CC(C)C=C2C=CC(C)C(CCC(O)CC(CC(=O)NC)NCc3ccc(O)c(OC)c3)C21. The molecule has 0 fully saturated rings. The molecule has 8 nitrogen and oxygen atoms in total. The molecule has 0 aliphatic heterocycles. The smallest absolute Gasteiger partial charge is 0.308 e. The minimum Gasteiger partial charge on any atom is -0.504 e. The highest BCUT2D eigenvalue weighted by molar-refractivity contribution is 5.76. The number of phenols is 1. The number of esters is 1. The summed E-state index contributed by atoms with van der Waals surface area (Å²) in [6.07, 6.45) is 9.62. The van der Waals surface area contributed by atoms with E-state index in [2.05, 4.69) is 42.7 Å². The molecule has 8 heteroatoms. The van der Waals surface area contributed by atoms with Gasteiger partial charge in [-0.25, -0.2) is 0 Å². The molecule has 1 aromatic rings. The lowest BCUT2D eigenvalue weighted by atomic mass is 9.65. The van der Waals surface area contributed by atoms with Crippen molar-refractivity contribution in [3.8, 4) is 11.5 Å². The van der Waals surface area contributed by atoms with E-state index in [1.54, 1.807) is 25.2 Å². The summed E-state index contributed by atoms with van der Waals surface area (Å²) in [5.41, 5.74) is 2.15. The van der Waals surface area contributed by atoms with Crippen LogP contribution in [0.25, 0.3) is 0 Å². The Morgan fingerprint density at radius 3 is 2.66 bits per heavy atom. The van der Waals surface area contributed by atoms with Crippen molar-refractivity contribution in [1.82, 2.24) is 10.6 Å². The monoisotopic (exact) mass is 570 g/mol. The van der Waals surface area contributed by atoms with E-state index < -0.39 is 6.10 Å². The van der Waals surface area contributed by atoms with Gasteiger partial charge in [-0.1, -0.05) is 52.0 Å². The number of carbonyl (C=O) groups excluding carboxylic acids is 2. The molecule has 0 saturated carbocycles. The number of amides is 1. The summed E-state index contributed by atoms with van der Waals surface area (Å²) < 4.78 is 11.3. The second-order valence-corrected chi connectivity index (χ2v) is 12.0. The average Bonchev–Trinajstić information content (AvgIpc) is 2.95. The Hall–Kier alpha value is -2.84. The Kier molecular flexibility index (Phi) is 12.3. The fourth-order valence-electron chi connectivity index (χ4n) is 6.14. The molecule has 2 aliphatic rings. The standard InChI is InChI=1S/C33H50N2O6/c1-7-21(3)33(39)41-30-15-20(2)14-24-10-8-22(4)27(32(24)30)12-11-26(36)17-25(18-31(38)34-5)35-19-23-9-13-28(37)29(16-23)40-6/h8-10,13-14,16,20-22,25-27,30,32,35-37H,7,11-12,15,17-19H2,1-6H3,(H,34,38). The summed E-state index contributed by atoms with van der Waals surface area (Å²) in [5, 5.41) is 27.1. The molecule has 0 saturated heterocycles. The van der Waals surface area contributed by atoms with Crippen molar-refractivity contribution in [3.05, 3.63) is 47.6 Å². The van der Waals surface area contributed by atoms with Gasteiger partial charge >= 0.3 is 5.97 Å². The lowest BCUT2D eigenvalue weighted by Crippen LogP contribution is -2.42. The molecule has 8 unspecified atom stereocenters. The molecule has 1 aromatic carbocycles. The number of carbonyl (C=O) groups is 2. The van der Waals surface area contributed by atoms with E-state index in [9.17, 15) is 19.8 Å². The van der Waals surface area contributed by atoms with Crippen molar-refractivity contribution in [2.45, 2.75) is 91.0 Å². The molecule has 4 N–H and O–H groups in total. The van der Waals surface area contributed by atoms with Crippen LogP contribution >= 0.6 is 0 Å². The summed E-state index contributed by atoms with van der Waals surface area (Å²) in [7, 11) is 3.11. The third-order valence-corrected chi connectivity index (χ3v) is 8.82. The number of aromatic hydroxyl groups is 1. The van der Waals surface area contributed by atoms with E-state index in [4.69, 9.17) is 9.47 Å². The van der Waals surface area contributed by atoms with E-state index >= 15 is 0 Å². The number of aliphatic hydroxyl groups is 1. The van der Waals surface area contributed by atoms with Gasteiger partial charge in [0, 0.05) is 32.0 Å². The highest BCUT2D eigenvalue weighted by atomic mass is 16.5. The number of nitrogens with one attached hydrogen (secondary N) is 2. The van der Waals surface area contributed by atoms with Crippen LogP contribution in [0.15, 0.2) is 42.0 Å². The molecular weight excluding hydrogens is 520 g/mol. The number of ether oxygens (including phenoxy) is 2. The van der Waals surface area contributed by atoms with Crippen LogP contribution in [0, 0.1) is 29.6 Å². The number of aliphatic hydroxyl groups excluding tert-OH is 1. The largest absolute Gasteiger partial charge is 0.504 e. The van der Waals surface area contributed by atoms with Crippen LogP contribution < -0.4 is 15.4 Å². The highest BCUT2D eigenvalue weighted by Crippen LogP contribution is 2.45. The normalized spacial score (nSPS) is 25.8. The second-order valence-electron chi connectivity index (χ2n) is 12.0. The van der Waals surface area contributed by atoms with Crippen molar-refractivity contribution in [2.75, 3.05) is 14.2 Å². The first-order chi connectivity index (χ1) is 19.6. The zero-order valence-corrected chi connectivity index (χ0v) is 25.6. The van der Waals surface area contributed by atoms with Crippen molar-refractivity contribution in [1.29, 1.82) is 0 Å². The van der Waals surface area contributed by atoms with Crippen LogP contribution in [0.5, 0.6) is 11.5 Å². The molecule has 0 heterocycles. The van der Waals surface area contributed by atoms with E-state index in [1.807, 2.05) is 13.8 Å². The van der Waals surface area contributed by atoms with Gasteiger partial charge in [0.2, 0.25) is 5.91 Å². The molecule has 3 rings (SSSR count). The molecule has 228 valence electrons. The molecule has 2 aliphatic carbocycles. The lowest BCUT2D eigenvalue weighted by molar-refractivity contribution is -0.158. The Balaban J connectivity index is 1.66. The van der Waals surface area contributed by atoms with Crippen molar-refractivity contribution >= 4 is 11.9 Å². The summed E-state index contributed by atoms with van der Waals surface area (Å²) in [6, 6.07) is 4.91. The third-order valence-electron chi connectivity index (χ3n) is 8.82. The number of fused-ring (bicyclic) bond motifs is 1. The molecule has 0 radical (unpaired) electrons. The number of benzene rings is 1. The molecule has 0 spiro atoms. The number of hydrogen-bond acceptors (Lipinski definition) is 7. The predicted molar refractivity (Wildman–Crippen MR) is 160 cm³/mol. The Morgan fingerprint density at radius 1 is 1.22 bits per heavy atom. The number of rotatable bonds is 14. The zero-order valence-electron chi connectivity index (χ0n) is 25.6. The van der Waals surface area contributed by atoms with Gasteiger partial charge in [-0.05, 0) is 73.1 Å². The zero-order chi connectivity index (χ0) is 30.1. The van der Waals surface area contributed by atoms with Gasteiger partial charge in [-0.3, -0.25) is 9.59 Å². The quantitative estimate of drug-likeness (QED) is 0.235. The van der Waals surface area contributed by atoms with Crippen LogP contribution in [0.1, 0.15) is 71.8 Å². The first-order valence-electron chi connectivity index (χ1n) is 15.1. The summed E-state index contributed by atoms with van der Waals surface area (Å²) >= 11 is 0. The maximum absolute atomic E-state index is 12.8. The van der Waals surface area contributed by atoms with E-state index in [0.29, 0.717) is 37.0 Å². The Bertz CT molecular complexity index is 1090. The van der Waals surface area contributed by atoms with Crippen molar-refractivity contribution in [3.63, 3.8) is 0 Å². The number of hydrogen-bond donors (Lipinski definition) is 4. The van der Waals surface area contributed by atoms with Crippen molar-refractivity contribution < 1.29 is 29.3 Å². The van der Waals surface area contributed by atoms with Gasteiger partial charge in [0.15, 0.2) is 11.5 Å². The molecule has 0 aromatic heterocycles. The fraction of sp³-hybridized carbons (Fsp3) is 0.636. The van der Waals surface area contributed by atoms with Gasteiger partial charge in [-0.15, -0.1) is 0 Å². The minimum atomic E-state index is -0.597. The van der Waals surface area contributed by atoms with Crippen molar-refractivity contribution in [2.24, 2.45) is 29.6 Å². The van der Waals surface area contributed by atoms with Crippen LogP contribution in [0.4, 0.5) is 0 Å². The van der Waals surface area contributed by atoms with Gasteiger partial charge in [0.1, 0.15) is 6.10 Å². The first-order valence-corrected chi connectivity index (χ1v) is 15.1. The van der Waals surface area contributed by atoms with E-state index in [1.165, 1.54) is 12.7 Å². The fourth-order valence-corrected chi connectivity index (χ4v) is 6.14. The number of phenolic OH excluding ortho intramolecular Hbond substituents is 1. The van der Waals surface area contributed by atoms with Crippen LogP contribution in [0.3, 0.4) is 0 Å². The minimum absolute atomic E-state index is 0.0719. The highest BCUT2D eigenvalue weighted by Gasteiger charge is 2.41. The molecule has 41 heavy (non-hydrogen) atoms. The number of allylic oxidation sites excluding steroid dienone is 3. The summed E-state index contributed by atoms with van der Waals surface area (Å²) in [6.45, 7) is 8.77. The Morgan fingerprint density at radius 2 is 1.98 bits per heavy atom. The molecule has 0 bridgehead atoms. The maximum Gasteiger partial charge on any atom is 0.308 e. The van der Waals surface area contributed by atoms with Crippen LogP contribution in [0.2, 0.25) is 0 Å². The van der Waals surface area contributed by atoms with E-state index in [-0.39, 0.29) is 53.9 Å².